The zero-order valence-electron chi connectivity index (χ0n) is 12.1. The lowest BCUT2D eigenvalue weighted by molar-refractivity contribution is -0.149. The van der Waals surface area contributed by atoms with E-state index in [0.717, 1.165) is 0 Å². The Bertz CT molecular complexity index is 496. The van der Waals surface area contributed by atoms with Gasteiger partial charge in [-0.1, -0.05) is 24.3 Å². The van der Waals surface area contributed by atoms with Crippen LogP contribution < -0.4 is 5.32 Å². The average molecular weight is 293 g/mol. The van der Waals surface area contributed by atoms with Crippen LogP contribution in [0.4, 0.5) is 0 Å². The molecule has 114 valence electrons. The molecule has 0 radical (unpaired) electrons. The third-order valence-corrected chi connectivity index (χ3v) is 3.93. The molecule has 6 nitrogen and oxygen atoms in total. The van der Waals surface area contributed by atoms with Crippen molar-refractivity contribution in [1.29, 1.82) is 0 Å². The van der Waals surface area contributed by atoms with E-state index >= 15 is 0 Å². The Labute approximate surface area is 123 Å². The van der Waals surface area contributed by atoms with Gasteiger partial charge in [-0.25, -0.2) is 0 Å². The van der Waals surface area contributed by atoms with Crippen molar-refractivity contribution in [2.24, 2.45) is 11.8 Å². The molecule has 0 spiro atoms. The Kier molecular flexibility index (Phi) is 4.90. The first-order valence-corrected chi connectivity index (χ1v) is 6.88. The van der Waals surface area contributed by atoms with Crippen LogP contribution in [0.3, 0.4) is 0 Å². The lowest BCUT2D eigenvalue weighted by Crippen LogP contribution is -2.59. The summed E-state index contributed by atoms with van der Waals surface area (Å²) in [5.41, 5.74) is 0. The second-order valence-electron chi connectivity index (χ2n) is 5.11. The zero-order chi connectivity index (χ0) is 15.4. The highest BCUT2D eigenvalue weighted by Gasteiger charge is 2.45. The van der Waals surface area contributed by atoms with Crippen LogP contribution in [0.5, 0.6) is 0 Å². The van der Waals surface area contributed by atoms with E-state index in [2.05, 4.69) is 10.1 Å². The van der Waals surface area contributed by atoms with Gasteiger partial charge in [0.1, 0.15) is 11.8 Å². The minimum atomic E-state index is -0.711. The van der Waals surface area contributed by atoms with Crippen LogP contribution in [0, 0.1) is 11.8 Å². The lowest BCUT2D eigenvalue weighted by Gasteiger charge is -2.37. The number of hydrogen-bond acceptors (Lipinski definition) is 6. The number of esters is 2. The van der Waals surface area contributed by atoms with Gasteiger partial charge in [-0.15, -0.1) is 0 Å². The summed E-state index contributed by atoms with van der Waals surface area (Å²) in [7, 11) is 2.62. The molecule has 2 bridgehead atoms. The van der Waals surface area contributed by atoms with Crippen molar-refractivity contribution in [2.45, 2.75) is 24.9 Å². The molecule has 0 saturated carbocycles. The number of piperidine rings is 1. The van der Waals surface area contributed by atoms with E-state index in [0.29, 0.717) is 6.42 Å². The van der Waals surface area contributed by atoms with Gasteiger partial charge in [0.2, 0.25) is 0 Å². The Morgan fingerprint density at radius 1 is 1.14 bits per heavy atom. The second-order valence-corrected chi connectivity index (χ2v) is 5.11. The monoisotopic (exact) mass is 293 g/mol. The molecule has 0 amide bonds. The Balaban J connectivity index is 2.19. The summed E-state index contributed by atoms with van der Waals surface area (Å²) in [6, 6.07) is -0.995. The van der Waals surface area contributed by atoms with Gasteiger partial charge < -0.3 is 9.47 Å². The van der Waals surface area contributed by atoms with Crippen LogP contribution in [0.25, 0.3) is 0 Å². The Morgan fingerprint density at radius 3 is 2.43 bits per heavy atom. The van der Waals surface area contributed by atoms with Gasteiger partial charge in [-0.05, 0) is 6.42 Å². The first-order chi connectivity index (χ1) is 10.1. The highest BCUT2D eigenvalue weighted by molar-refractivity contribution is 5.95. The van der Waals surface area contributed by atoms with E-state index in [-0.39, 0.29) is 30.1 Å². The number of allylic oxidation sites excluding steroid dienone is 2. The van der Waals surface area contributed by atoms with Crippen molar-refractivity contribution in [3.05, 3.63) is 24.3 Å². The van der Waals surface area contributed by atoms with Gasteiger partial charge in [-0.2, -0.15) is 0 Å². The predicted molar refractivity (Wildman–Crippen MR) is 74.2 cm³/mol. The minimum absolute atomic E-state index is 0.0241. The SMILES string of the molecule is COC(=O)CC[C@@H]1N[C@@H](C(=O)OC)C2C=CC=CC1C2=O. The van der Waals surface area contributed by atoms with E-state index in [4.69, 9.17) is 4.74 Å². The summed E-state index contributed by atoms with van der Waals surface area (Å²) in [6.07, 6.45) is 7.70. The zero-order valence-corrected chi connectivity index (χ0v) is 12.1. The van der Waals surface area contributed by atoms with Crippen molar-refractivity contribution >= 4 is 17.7 Å². The first-order valence-electron chi connectivity index (χ1n) is 6.88. The van der Waals surface area contributed by atoms with Crippen LogP contribution >= 0.6 is 0 Å². The van der Waals surface area contributed by atoms with Gasteiger partial charge in [0.15, 0.2) is 0 Å². The quantitative estimate of drug-likeness (QED) is 0.755. The van der Waals surface area contributed by atoms with Crippen LogP contribution in [0.1, 0.15) is 12.8 Å². The number of rotatable bonds is 4. The number of fused-ring (bicyclic) bond motifs is 2. The van der Waals surface area contributed by atoms with Crippen molar-refractivity contribution in [2.75, 3.05) is 14.2 Å². The summed E-state index contributed by atoms with van der Waals surface area (Å²) >= 11 is 0. The molecule has 0 aromatic carbocycles. The topological polar surface area (TPSA) is 81.7 Å². The van der Waals surface area contributed by atoms with Crippen molar-refractivity contribution < 1.29 is 23.9 Å². The minimum Gasteiger partial charge on any atom is -0.469 e. The van der Waals surface area contributed by atoms with E-state index in [1.54, 1.807) is 24.3 Å². The molecule has 2 aliphatic rings. The third kappa shape index (κ3) is 3.21. The molecule has 1 aliphatic carbocycles. The molecular formula is C15H19NO5. The summed E-state index contributed by atoms with van der Waals surface area (Å²) in [5, 5.41) is 3.15. The summed E-state index contributed by atoms with van der Waals surface area (Å²) < 4.78 is 9.38. The predicted octanol–water partition coefficient (Wildman–Crippen LogP) is 0.381. The maximum atomic E-state index is 12.5. The van der Waals surface area contributed by atoms with E-state index < -0.39 is 17.9 Å². The Morgan fingerprint density at radius 2 is 1.81 bits per heavy atom. The van der Waals surface area contributed by atoms with Gasteiger partial charge in [0.25, 0.3) is 0 Å². The molecule has 1 saturated heterocycles. The number of carbonyl (C=O) groups is 3. The van der Waals surface area contributed by atoms with Crippen LogP contribution in [-0.4, -0.2) is 44.0 Å². The normalized spacial score (nSPS) is 30.7. The largest absolute Gasteiger partial charge is 0.469 e. The smallest absolute Gasteiger partial charge is 0.323 e. The molecule has 1 aliphatic heterocycles. The highest BCUT2D eigenvalue weighted by atomic mass is 16.5. The van der Waals surface area contributed by atoms with Gasteiger partial charge in [-0.3, -0.25) is 19.7 Å². The fourth-order valence-electron chi connectivity index (χ4n) is 2.81. The second kappa shape index (κ2) is 6.67. The van der Waals surface area contributed by atoms with Gasteiger partial charge >= 0.3 is 11.9 Å². The fraction of sp³-hybridized carbons (Fsp3) is 0.533. The van der Waals surface area contributed by atoms with Gasteiger partial charge in [0, 0.05) is 12.5 Å². The number of hydrogen-bond donors (Lipinski definition) is 1. The number of methoxy groups -OCH3 is 2. The Hall–Kier alpha value is -1.95. The maximum Gasteiger partial charge on any atom is 0.323 e. The summed E-state index contributed by atoms with van der Waals surface area (Å²) in [6.45, 7) is 0. The number of Topliss-reactive ketones (excluding diaryl/α,β-unsaturated/α-hetero) is 1. The molecule has 2 unspecified atom stereocenters. The standard InChI is InChI=1S/C15H19NO5/c1-20-12(17)8-7-11-9-5-3-4-6-10(14(9)18)13(16-11)15(19)21-2/h3-6,9-11,13,16H,7-8H2,1-2H3/t9?,10?,11-,13+/m0/s1. The van der Waals surface area contributed by atoms with Crippen LogP contribution in [0.2, 0.25) is 0 Å². The molecular weight excluding hydrogens is 274 g/mol. The molecule has 21 heavy (non-hydrogen) atoms. The number of carbonyl (C=O) groups excluding carboxylic acids is 3. The van der Waals surface area contributed by atoms with Crippen molar-refractivity contribution in [3.63, 3.8) is 0 Å². The van der Waals surface area contributed by atoms with E-state index in [1.165, 1.54) is 14.2 Å². The molecule has 1 fully saturated rings. The third-order valence-electron chi connectivity index (χ3n) is 3.93. The number of ether oxygens (including phenoxy) is 2. The maximum absolute atomic E-state index is 12.5. The van der Waals surface area contributed by atoms with Crippen molar-refractivity contribution in [1.82, 2.24) is 5.32 Å². The van der Waals surface area contributed by atoms with Crippen LogP contribution in [-0.2, 0) is 23.9 Å². The van der Waals surface area contributed by atoms with Crippen molar-refractivity contribution in [3.8, 4) is 0 Å². The van der Waals surface area contributed by atoms with E-state index in [1.807, 2.05) is 0 Å². The number of ketones is 1. The average Bonchev–Trinajstić information content (AvgIpc) is 2.63. The fourth-order valence-corrected chi connectivity index (χ4v) is 2.81. The molecule has 2 rings (SSSR count). The highest BCUT2D eigenvalue weighted by Crippen LogP contribution is 2.29. The van der Waals surface area contributed by atoms with Gasteiger partial charge in [0.05, 0.1) is 26.1 Å². The summed E-state index contributed by atoms with van der Waals surface area (Å²) in [4.78, 5) is 35.7. The lowest BCUT2D eigenvalue weighted by atomic mass is 9.78. The first kappa shape index (κ1) is 15.4. The molecule has 4 atom stereocenters. The number of nitrogens with one attached hydrogen (secondary N) is 1. The summed E-state index contributed by atoms with van der Waals surface area (Å²) in [5.74, 6) is -1.72. The molecule has 6 heteroatoms. The van der Waals surface area contributed by atoms with Crippen LogP contribution in [0.15, 0.2) is 24.3 Å². The van der Waals surface area contributed by atoms with E-state index in [9.17, 15) is 14.4 Å². The molecule has 0 aromatic rings. The molecule has 1 N–H and O–H groups in total. The molecule has 0 aromatic heterocycles. The molecule has 1 heterocycles.